The molecule has 0 unspecified atom stereocenters. The fraction of sp³-hybridized carbons (Fsp3) is 0.462. The van der Waals surface area contributed by atoms with Crippen LogP contribution in [0.5, 0.6) is 5.75 Å². The number of aliphatic hydroxyl groups is 1. The Labute approximate surface area is 112 Å². The molecule has 0 atom stereocenters. The van der Waals surface area contributed by atoms with Gasteiger partial charge in [-0.05, 0) is 24.6 Å². The lowest BCUT2D eigenvalue weighted by Crippen LogP contribution is -2.25. The maximum atomic E-state index is 11.8. The van der Waals surface area contributed by atoms with Crippen LogP contribution in [0.1, 0.15) is 16.8 Å². The number of methoxy groups -OCH3 is 1. The lowest BCUT2D eigenvalue weighted by molar-refractivity contribution is 0.0867. The van der Waals surface area contributed by atoms with Crippen LogP contribution in [0.2, 0.25) is 0 Å². The Balaban J connectivity index is 2.37. The minimum Gasteiger partial charge on any atom is -0.495 e. The summed E-state index contributed by atoms with van der Waals surface area (Å²) in [6.45, 7) is 1.35. The van der Waals surface area contributed by atoms with Crippen molar-refractivity contribution in [2.75, 3.05) is 39.2 Å². The summed E-state index contributed by atoms with van der Waals surface area (Å²) >= 11 is 0. The molecule has 0 aliphatic carbocycles. The second-order valence-electron chi connectivity index (χ2n) is 3.90. The minimum atomic E-state index is -0.180. The summed E-state index contributed by atoms with van der Waals surface area (Å²) in [5.74, 6) is 0.305. The van der Waals surface area contributed by atoms with Gasteiger partial charge in [0, 0.05) is 18.7 Å². The smallest absolute Gasteiger partial charge is 0.251 e. The minimum absolute atomic E-state index is 0.0115. The van der Waals surface area contributed by atoms with E-state index >= 15 is 0 Å². The lowest BCUT2D eigenvalue weighted by Gasteiger charge is -2.08. The average Bonchev–Trinajstić information content (AvgIpc) is 2.43. The predicted octanol–water partition coefficient (Wildman–Crippen LogP) is 0.406. The van der Waals surface area contributed by atoms with Gasteiger partial charge < -0.3 is 25.6 Å². The average molecular weight is 268 g/mol. The van der Waals surface area contributed by atoms with Gasteiger partial charge in [-0.3, -0.25) is 4.79 Å². The Kier molecular flexibility index (Phi) is 6.70. The first-order chi connectivity index (χ1) is 9.19. The molecule has 106 valence electrons. The molecule has 1 amide bonds. The Morgan fingerprint density at radius 2 is 2.21 bits per heavy atom. The van der Waals surface area contributed by atoms with Gasteiger partial charge in [0.15, 0.2) is 0 Å². The molecule has 0 saturated heterocycles. The standard InChI is InChI=1S/C13H20N2O4/c1-18-12-9-10(3-4-11(12)14)13(17)15-5-2-7-19-8-6-16/h3-4,9,16H,2,5-8,14H2,1H3,(H,15,17). The molecular weight excluding hydrogens is 248 g/mol. The van der Waals surface area contributed by atoms with Crippen LogP contribution in [-0.4, -0.2) is 44.5 Å². The molecule has 0 bridgehead atoms. The van der Waals surface area contributed by atoms with Crippen LogP contribution in [0.4, 0.5) is 5.69 Å². The van der Waals surface area contributed by atoms with Gasteiger partial charge in [-0.2, -0.15) is 0 Å². The number of carbonyl (C=O) groups is 1. The van der Waals surface area contributed by atoms with Gasteiger partial charge in [0.2, 0.25) is 0 Å². The first-order valence-electron chi connectivity index (χ1n) is 6.09. The molecule has 4 N–H and O–H groups in total. The highest BCUT2D eigenvalue weighted by Crippen LogP contribution is 2.21. The van der Waals surface area contributed by atoms with Crippen molar-refractivity contribution in [3.05, 3.63) is 23.8 Å². The quantitative estimate of drug-likeness (QED) is 0.469. The van der Waals surface area contributed by atoms with Crippen molar-refractivity contribution < 1.29 is 19.4 Å². The van der Waals surface area contributed by atoms with Gasteiger partial charge in [0.1, 0.15) is 5.75 Å². The van der Waals surface area contributed by atoms with E-state index in [9.17, 15) is 4.79 Å². The van der Waals surface area contributed by atoms with Crippen LogP contribution in [0.25, 0.3) is 0 Å². The second kappa shape index (κ2) is 8.34. The molecular formula is C13H20N2O4. The highest BCUT2D eigenvalue weighted by molar-refractivity contribution is 5.95. The molecule has 1 rings (SSSR count). The SMILES string of the molecule is COc1cc(C(=O)NCCCOCCO)ccc1N. The highest BCUT2D eigenvalue weighted by Gasteiger charge is 2.08. The maximum absolute atomic E-state index is 11.8. The topological polar surface area (TPSA) is 93.8 Å². The number of hydrogen-bond acceptors (Lipinski definition) is 5. The van der Waals surface area contributed by atoms with E-state index in [4.69, 9.17) is 20.3 Å². The molecule has 0 radical (unpaired) electrons. The van der Waals surface area contributed by atoms with Crippen LogP contribution >= 0.6 is 0 Å². The Hall–Kier alpha value is -1.79. The van der Waals surface area contributed by atoms with Crippen LogP contribution in [0.15, 0.2) is 18.2 Å². The van der Waals surface area contributed by atoms with Crippen molar-refractivity contribution in [1.82, 2.24) is 5.32 Å². The van der Waals surface area contributed by atoms with E-state index in [0.29, 0.717) is 43.2 Å². The fourth-order valence-electron chi connectivity index (χ4n) is 1.50. The molecule has 1 aromatic rings. The number of nitrogens with one attached hydrogen (secondary N) is 1. The van der Waals surface area contributed by atoms with Crippen molar-refractivity contribution in [1.29, 1.82) is 0 Å². The van der Waals surface area contributed by atoms with Crippen molar-refractivity contribution in [3.63, 3.8) is 0 Å². The van der Waals surface area contributed by atoms with Crippen molar-refractivity contribution in [3.8, 4) is 5.75 Å². The number of nitrogen functional groups attached to an aromatic ring is 1. The maximum Gasteiger partial charge on any atom is 0.251 e. The molecule has 0 heterocycles. The summed E-state index contributed by atoms with van der Waals surface area (Å²) in [5.41, 5.74) is 6.67. The number of amides is 1. The summed E-state index contributed by atoms with van der Waals surface area (Å²) in [6, 6.07) is 4.89. The van der Waals surface area contributed by atoms with Gasteiger partial charge in [-0.25, -0.2) is 0 Å². The summed E-state index contributed by atoms with van der Waals surface area (Å²) in [6.07, 6.45) is 0.692. The van der Waals surface area contributed by atoms with Gasteiger partial charge in [-0.15, -0.1) is 0 Å². The molecule has 1 aromatic carbocycles. The lowest BCUT2D eigenvalue weighted by atomic mass is 10.2. The monoisotopic (exact) mass is 268 g/mol. The van der Waals surface area contributed by atoms with E-state index in [0.717, 1.165) is 0 Å². The summed E-state index contributed by atoms with van der Waals surface area (Å²) < 4.78 is 10.1. The van der Waals surface area contributed by atoms with Gasteiger partial charge in [-0.1, -0.05) is 0 Å². The normalized spacial score (nSPS) is 10.2. The van der Waals surface area contributed by atoms with E-state index in [-0.39, 0.29) is 12.5 Å². The van der Waals surface area contributed by atoms with Crippen LogP contribution in [0.3, 0.4) is 0 Å². The molecule has 0 saturated carbocycles. The number of carbonyl (C=O) groups excluding carboxylic acids is 1. The summed E-state index contributed by atoms with van der Waals surface area (Å²) in [7, 11) is 1.51. The summed E-state index contributed by atoms with van der Waals surface area (Å²) in [5, 5.41) is 11.3. The second-order valence-corrected chi connectivity index (χ2v) is 3.90. The van der Waals surface area contributed by atoms with Crippen molar-refractivity contribution >= 4 is 11.6 Å². The molecule has 0 aliphatic heterocycles. The fourth-order valence-corrected chi connectivity index (χ4v) is 1.50. The molecule has 6 nitrogen and oxygen atoms in total. The third-order valence-corrected chi connectivity index (χ3v) is 2.48. The molecule has 0 aliphatic rings. The van der Waals surface area contributed by atoms with Crippen LogP contribution in [-0.2, 0) is 4.74 Å². The van der Waals surface area contributed by atoms with Crippen molar-refractivity contribution in [2.24, 2.45) is 0 Å². The van der Waals surface area contributed by atoms with E-state index in [1.165, 1.54) is 7.11 Å². The third kappa shape index (κ3) is 5.15. The molecule has 0 spiro atoms. The molecule has 6 heteroatoms. The highest BCUT2D eigenvalue weighted by atomic mass is 16.5. The zero-order valence-electron chi connectivity index (χ0n) is 11.0. The number of rotatable bonds is 8. The number of nitrogens with two attached hydrogens (primary N) is 1. The van der Waals surface area contributed by atoms with Crippen LogP contribution < -0.4 is 15.8 Å². The third-order valence-electron chi connectivity index (χ3n) is 2.48. The predicted molar refractivity (Wildman–Crippen MR) is 72.3 cm³/mol. The van der Waals surface area contributed by atoms with E-state index in [1.807, 2.05) is 0 Å². The number of aliphatic hydroxyl groups excluding tert-OH is 1. The largest absolute Gasteiger partial charge is 0.495 e. The zero-order chi connectivity index (χ0) is 14.1. The van der Waals surface area contributed by atoms with Crippen molar-refractivity contribution in [2.45, 2.75) is 6.42 Å². The first-order valence-corrected chi connectivity index (χ1v) is 6.09. The first kappa shape index (κ1) is 15.3. The number of anilines is 1. The number of ether oxygens (including phenoxy) is 2. The van der Waals surface area contributed by atoms with E-state index in [2.05, 4.69) is 5.32 Å². The number of benzene rings is 1. The summed E-state index contributed by atoms with van der Waals surface area (Å²) in [4.78, 5) is 11.8. The Morgan fingerprint density at radius 3 is 2.89 bits per heavy atom. The van der Waals surface area contributed by atoms with Gasteiger partial charge in [0.25, 0.3) is 5.91 Å². The molecule has 19 heavy (non-hydrogen) atoms. The Bertz CT molecular complexity index is 410. The van der Waals surface area contributed by atoms with E-state index in [1.54, 1.807) is 18.2 Å². The zero-order valence-corrected chi connectivity index (χ0v) is 11.0. The number of hydrogen-bond donors (Lipinski definition) is 3. The van der Waals surface area contributed by atoms with Gasteiger partial charge in [0.05, 0.1) is 26.0 Å². The van der Waals surface area contributed by atoms with Crippen LogP contribution in [0, 0.1) is 0 Å². The van der Waals surface area contributed by atoms with E-state index < -0.39 is 0 Å². The Morgan fingerprint density at radius 1 is 1.42 bits per heavy atom. The molecule has 0 fully saturated rings. The molecule has 0 aromatic heterocycles. The van der Waals surface area contributed by atoms with Gasteiger partial charge >= 0.3 is 0 Å².